The lowest BCUT2D eigenvalue weighted by Crippen LogP contribution is -2.20. The topological polar surface area (TPSA) is 96.0 Å². The summed E-state index contributed by atoms with van der Waals surface area (Å²) in [4.78, 5) is 21.9. The van der Waals surface area contributed by atoms with Gasteiger partial charge in [-0.2, -0.15) is 5.26 Å². The molecule has 1 aromatic carbocycles. The van der Waals surface area contributed by atoms with Gasteiger partial charge in [0.1, 0.15) is 5.92 Å². The fourth-order valence-corrected chi connectivity index (χ4v) is 1.45. The normalized spacial score (nSPS) is 11.4. The number of hydrogen-bond acceptors (Lipinski definition) is 4. The maximum absolute atomic E-state index is 11.6. The molecule has 0 heterocycles. The average Bonchev–Trinajstić information content (AvgIpc) is 2.32. The number of nitro benzene ring substituents is 1. The highest BCUT2D eigenvalue weighted by Gasteiger charge is 2.17. The smallest absolute Gasteiger partial charge is 0.274 e. The van der Waals surface area contributed by atoms with Crippen LogP contribution in [0.4, 0.5) is 11.4 Å². The number of aryl methyl sites for hydroxylation is 1. The third-order valence-electron chi connectivity index (χ3n) is 2.55. The summed E-state index contributed by atoms with van der Waals surface area (Å²) >= 11 is 0. The van der Waals surface area contributed by atoms with Crippen LogP contribution in [0.15, 0.2) is 18.2 Å². The molecule has 0 aliphatic carbocycles. The summed E-state index contributed by atoms with van der Waals surface area (Å²) in [6, 6.07) is 6.29. The van der Waals surface area contributed by atoms with Crippen LogP contribution >= 0.6 is 0 Å². The van der Waals surface area contributed by atoms with E-state index in [0.717, 1.165) is 0 Å². The van der Waals surface area contributed by atoms with Crippen molar-refractivity contribution >= 4 is 17.3 Å². The van der Waals surface area contributed by atoms with Gasteiger partial charge in [-0.15, -0.1) is 0 Å². The molecule has 0 saturated heterocycles. The van der Waals surface area contributed by atoms with Crippen molar-refractivity contribution in [3.05, 3.63) is 33.9 Å². The maximum atomic E-state index is 11.6. The van der Waals surface area contributed by atoms with Gasteiger partial charge >= 0.3 is 0 Å². The number of nitro groups is 1. The highest BCUT2D eigenvalue weighted by atomic mass is 16.6. The van der Waals surface area contributed by atoms with Crippen molar-refractivity contribution in [2.45, 2.75) is 20.3 Å². The first-order chi connectivity index (χ1) is 8.49. The zero-order valence-electron chi connectivity index (χ0n) is 10.1. The van der Waals surface area contributed by atoms with Crippen molar-refractivity contribution in [3.63, 3.8) is 0 Å². The summed E-state index contributed by atoms with van der Waals surface area (Å²) in [5.41, 5.74) is 0.786. The Labute approximate surface area is 104 Å². The van der Waals surface area contributed by atoms with Crippen LogP contribution < -0.4 is 5.32 Å². The first-order valence-corrected chi connectivity index (χ1v) is 5.45. The van der Waals surface area contributed by atoms with Gasteiger partial charge in [-0.3, -0.25) is 14.9 Å². The van der Waals surface area contributed by atoms with Crippen LogP contribution in [0.1, 0.15) is 18.9 Å². The molecule has 0 fully saturated rings. The molecule has 94 valence electrons. The van der Waals surface area contributed by atoms with Gasteiger partial charge in [0, 0.05) is 17.3 Å². The van der Waals surface area contributed by atoms with E-state index >= 15 is 0 Å². The Morgan fingerprint density at radius 1 is 1.61 bits per heavy atom. The standard InChI is InChI=1S/C12H13N3O3/c1-3-9(7-13)12(16)14-10-5-4-8(2)11(6-10)15(17)18/h4-6,9H,3H2,1-2H3,(H,14,16). The third-order valence-corrected chi connectivity index (χ3v) is 2.55. The largest absolute Gasteiger partial charge is 0.325 e. The zero-order chi connectivity index (χ0) is 13.7. The van der Waals surface area contributed by atoms with E-state index in [-0.39, 0.29) is 5.69 Å². The highest BCUT2D eigenvalue weighted by Crippen LogP contribution is 2.22. The van der Waals surface area contributed by atoms with Crippen molar-refractivity contribution < 1.29 is 9.72 Å². The fourth-order valence-electron chi connectivity index (χ4n) is 1.45. The summed E-state index contributed by atoms with van der Waals surface area (Å²) in [5.74, 6) is -1.19. The lowest BCUT2D eigenvalue weighted by atomic mass is 10.1. The van der Waals surface area contributed by atoms with Crippen LogP contribution in [-0.4, -0.2) is 10.8 Å². The van der Waals surface area contributed by atoms with Gasteiger partial charge in [-0.05, 0) is 19.4 Å². The minimum atomic E-state index is -0.745. The Morgan fingerprint density at radius 2 is 2.28 bits per heavy atom. The van der Waals surface area contributed by atoms with E-state index in [1.165, 1.54) is 6.07 Å². The number of hydrogen-bond donors (Lipinski definition) is 1. The minimum absolute atomic E-state index is 0.0576. The van der Waals surface area contributed by atoms with Gasteiger partial charge in [0.2, 0.25) is 5.91 Å². The molecule has 18 heavy (non-hydrogen) atoms. The lowest BCUT2D eigenvalue weighted by Gasteiger charge is -2.08. The molecule has 1 amide bonds. The van der Waals surface area contributed by atoms with E-state index < -0.39 is 16.7 Å². The molecule has 1 rings (SSSR count). The molecular formula is C12H13N3O3. The number of nitrogens with zero attached hydrogens (tertiary/aromatic N) is 2. The second-order valence-electron chi connectivity index (χ2n) is 3.84. The van der Waals surface area contributed by atoms with Gasteiger partial charge in [-0.1, -0.05) is 13.0 Å². The van der Waals surface area contributed by atoms with Crippen LogP contribution in [0, 0.1) is 34.3 Å². The van der Waals surface area contributed by atoms with Crippen molar-refractivity contribution in [1.82, 2.24) is 0 Å². The molecule has 1 atom stereocenters. The van der Waals surface area contributed by atoms with Crippen LogP contribution in [0.3, 0.4) is 0 Å². The van der Waals surface area contributed by atoms with E-state index in [0.29, 0.717) is 17.7 Å². The monoisotopic (exact) mass is 247 g/mol. The summed E-state index contributed by atoms with van der Waals surface area (Å²) in [6.07, 6.45) is 0.399. The molecule has 6 nitrogen and oxygen atoms in total. The van der Waals surface area contributed by atoms with E-state index in [1.54, 1.807) is 26.0 Å². The van der Waals surface area contributed by atoms with Crippen molar-refractivity contribution in [3.8, 4) is 6.07 Å². The van der Waals surface area contributed by atoms with Crippen molar-refractivity contribution in [2.75, 3.05) is 5.32 Å². The van der Waals surface area contributed by atoms with Crippen LogP contribution in [0.5, 0.6) is 0 Å². The molecule has 1 N–H and O–H groups in total. The van der Waals surface area contributed by atoms with E-state index in [9.17, 15) is 14.9 Å². The highest BCUT2D eigenvalue weighted by molar-refractivity contribution is 5.94. The minimum Gasteiger partial charge on any atom is -0.325 e. The van der Waals surface area contributed by atoms with Gasteiger partial charge in [-0.25, -0.2) is 0 Å². The second kappa shape index (κ2) is 5.77. The van der Waals surface area contributed by atoms with Crippen LogP contribution in [0.25, 0.3) is 0 Å². The third kappa shape index (κ3) is 3.04. The van der Waals surface area contributed by atoms with E-state index in [4.69, 9.17) is 5.26 Å². The Balaban J connectivity index is 2.93. The summed E-state index contributed by atoms with van der Waals surface area (Å²) in [6.45, 7) is 3.35. The zero-order valence-corrected chi connectivity index (χ0v) is 10.1. The maximum Gasteiger partial charge on any atom is 0.274 e. The Morgan fingerprint density at radius 3 is 2.78 bits per heavy atom. The predicted molar refractivity (Wildman–Crippen MR) is 65.9 cm³/mol. The molecule has 0 spiro atoms. The van der Waals surface area contributed by atoms with E-state index in [2.05, 4.69) is 5.32 Å². The number of nitrogens with one attached hydrogen (secondary N) is 1. The molecule has 0 bridgehead atoms. The molecule has 0 aromatic heterocycles. The summed E-state index contributed by atoms with van der Waals surface area (Å²) in [5, 5.41) is 22.0. The number of anilines is 1. The Kier molecular flexibility index (Phi) is 4.38. The van der Waals surface area contributed by atoms with Crippen molar-refractivity contribution in [2.24, 2.45) is 5.92 Å². The number of nitriles is 1. The Bertz CT molecular complexity index is 520. The number of benzene rings is 1. The molecule has 6 heteroatoms. The lowest BCUT2D eigenvalue weighted by molar-refractivity contribution is -0.385. The average molecular weight is 247 g/mol. The number of carbonyl (C=O) groups excluding carboxylic acids is 1. The number of carbonyl (C=O) groups is 1. The van der Waals surface area contributed by atoms with Gasteiger partial charge in [0.15, 0.2) is 0 Å². The van der Waals surface area contributed by atoms with Crippen LogP contribution in [0.2, 0.25) is 0 Å². The van der Waals surface area contributed by atoms with Crippen molar-refractivity contribution in [1.29, 1.82) is 5.26 Å². The quantitative estimate of drug-likeness (QED) is 0.652. The van der Waals surface area contributed by atoms with Gasteiger partial charge < -0.3 is 5.32 Å². The first kappa shape index (κ1) is 13.6. The summed E-state index contributed by atoms with van der Waals surface area (Å²) < 4.78 is 0. The van der Waals surface area contributed by atoms with Crippen LogP contribution in [-0.2, 0) is 4.79 Å². The van der Waals surface area contributed by atoms with E-state index in [1.807, 2.05) is 6.07 Å². The molecule has 1 unspecified atom stereocenters. The first-order valence-electron chi connectivity index (χ1n) is 5.45. The number of amides is 1. The van der Waals surface area contributed by atoms with Gasteiger partial charge in [0.05, 0.1) is 11.0 Å². The molecule has 1 aromatic rings. The molecule has 0 radical (unpaired) electrons. The number of rotatable bonds is 4. The Hall–Kier alpha value is -2.42. The molecule has 0 saturated carbocycles. The van der Waals surface area contributed by atoms with Gasteiger partial charge in [0.25, 0.3) is 5.69 Å². The molecule has 0 aliphatic heterocycles. The molecule has 0 aliphatic rings. The molecular weight excluding hydrogens is 234 g/mol. The summed E-state index contributed by atoms with van der Waals surface area (Å²) in [7, 11) is 0. The predicted octanol–water partition coefficient (Wildman–Crippen LogP) is 2.39. The SMILES string of the molecule is CCC(C#N)C(=O)Nc1ccc(C)c([N+](=O)[O-])c1. The second-order valence-corrected chi connectivity index (χ2v) is 3.84. The fraction of sp³-hybridized carbons (Fsp3) is 0.333.